The molecular weight excluding hydrogens is 346 g/mol. The molecule has 1 N–H and O–H groups in total. The predicted molar refractivity (Wildman–Crippen MR) is 93.5 cm³/mol. The van der Waals surface area contributed by atoms with Gasteiger partial charge in [0.25, 0.3) is 0 Å². The Balaban J connectivity index is 1.75. The van der Waals surface area contributed by atoms with E-state index in [1.165, 1.54) is 0 Å². The molecular formula is C17H14ClN3O2S. The van der Waals surface area contributed by atoms with E-state index < -0.39 is 10.0 Å². The number of hydrogen-bond acceptors (Lipinski definition) is 3. The second-order valence-electron chi connectivity index (χ2n) is 5.67. The third kappa shape index (κ3) is 2.84. The normalized spacial score (nSPS) is 15.9. The zero-order chi connectivity index (χ0) is 16.7. The average Bonchev–Trinajstić information content (AvgIpc) is 3.00. The molecule has 0 unspecified atom stereocenters. The summed E-state index contributed by atoms with van der Waals surface area (Å²) in [6.07, 6.45) is 3.32. The number of benzene rings is 2. The predicted octanol–water partition coefficient (Wildman–Crippen LogP) is 3.13. The van der Waals surface area contributed by atoms with Gasteiger partial charge in [0, 0.05) is 12.7 Å². The van der Waals surface area contributed by atoms with E-state index in [1.54, 1.807) is 17.1 Å². The van der Waals surface area contributed by atoms with Crippen LogP contribution in [0.4, 0.5) is 0 Å². The Hall–Kier alpha value is -2.15. The topological polar surface area (TPSA) is 64.0 Å². The highest BCUT2D eigenvalue weighted by Crippen LogP contribution is 2.30. The lowest BCUT2D eigenvalue weighted by Gasteiger charge is -2.20. The number of rotatable bonds is 2. The number of hydrogen-bond donors (Lipinski definition) is 1. The summed E-state index contributed by atoms with van der Waals surface area (Å²) in [5.74, 6) is 0.00895. The third-order valence-corrected chi connectivity index (χ3v) is 5.53. The van der Waals surface area contributed by atoms with Crippen LogP contribution in [-0.2, 0) is 22.3 Å². The molecule has 0 fully saturated rings. The SMILES string of the molecule is O=S1(=O)Cc2c(cccc2-c2ccc(-n3cc(Cl)cn3)cc2)CN1. The summed E-state index contributed by atoms with van der Waals surface area (Å²) < 4.78 is 28.1. The molecule has 0 spiro atoms. The monoisotopic (exact) mass is 359 g/mol. The molecule has 1 aliphatic heterocycles. The van der Waals surface area contributed by atoms with Crippen molar-refractivity contribution in [2.45, 2.75) is 12.3 Å². The molecule has 2 heterocycles. The summed E-state index contributed by atoms with van der Waals surface area (Å²) >= 11 is 5.90. The van der Waals surface area contributed by atoms with Gasteiger partial charge in [-0.25, -0.2) is 17.8 Å². The number of nitrogens with one attached hydrogen (secondary N) is 1. The Kier molecular flexibility index (Phi) is 3.68. The first kappa shape index (κ1) is 15.4. The highest BCUT2D eigenvalue weighted by atomic mass is 35.5. The maximum Gasteiger partial charge on any atom is 0.216 e. The first-order chi connectivity index (χ1) is 11.5. The highest BCUT2D eigenvalue weighted by Gasteiger charge is 2.23. The molecule has 0 saturated heterocycles. The van der Waals surface area contributed by atoms with Crippen molar-refractivity contribution in [1.29, 1.82) is 0 Å². The summed E-state index contributed by atoms with van der Waals surface area (Å²) in [5.41, 5.74) is 4.70. The summed E-state index contributed by atoms with van der Waals surface area (Å²) in [5, 5.41) is 4.75. The Morgan fingerprint density at radius 3 is 2.62 bits per heavy atom. The van der Waals surface area contributed by atoms with E-state index in [0.717, 1.165) is 27.9 Å². The maximum atomic E-state index is 11.9. The van der Waals surface area contributed by atoms with Crippen LogP contribution in [0.5, 0.6) is 0 Å². The average molecular weight is 360 g/mol. The van der Waals surface area contributed by atoms with E-state index in [-0.39, 0.29) is 5.75 Å². The van der Waals surface area contributed by atoms with Crippen molar-refractivity contribution in [2.24, 2.45) is 0 Å². The van der Waals surface area contributed by atoms with Crippen LogP contribution in [-0.4, -0.2) is 18.2 Å². The molecule has 4 rings (SSSR count). The zero-order valence-corrected chi connectivity index (χ0v) is 14.2. The molecule has 3 aromatic rings. The van der Waals surface area contributed by atoms with Crippen LogP contribution in [0.3, 0.4) is 0 Å². The minimum atomic E-state index is -3.25. The Labute approximate surface area is 144 Å². The van der Waals surface area contributed by atoms with Crippen molar-refractivity contribution in [3.63, 3.8) is 0 Å². The lowest BCUT2D eigenvalue weighted by molar-refractivity contribution is 0.576. The Morgan fingerprint density at radius 1 is 1.12 bits per heavy atom. The standard InChI is InChI=1S/C17H14ClN3O2S/c18-14-9-19-21(10-14)15-6-4-12(5-7-15)16-3-1-2-13-8-20-24(22,23)11-17(13)16/h1-7,9-10,20H,8,11H2. The van der Waals surface area contributed by atoms with Crippen molar-refractivity contribution >= 4 is 21.6 Å². The minimum absolute atomic E-state index is 0.00895. The smallest absolute Gasteiger partial charge is 0.216 e. The zero-order valence-electron chi connectivity index (χ0n) is 12.6. The van der Waals surface area contributed by atoms with Gasteiger partial charge in [-0.3, -0.25) is 0 Å². The van der Waals surface area contributed by atoms with E-state index in [4.69, 9.17) is 11.6 Å². The molecule has 0 radical (unpaired) electrons. The van der Waals surface area contributed by atoms with Crippen molar-refractivity contribution in [2.75, 3.05) is 0 Å². The fourth-order valence-electron chi connectivity index (χ4n) is 2.91. The van der Waals surface area contributed by atoms with Gasteiger partial charge in [0.1, 0.15) is 0 Å². The molecule has 0 amide bonds. The molecule has 0 bridgehead atoms. The van der Waals surface area contributed by atoms with Crippen molar-refractivity contribution in [3.8, 4) is 16.8 Å². The minimum Gasteiger partial charge on any atom is -0.239 e. The van der Waals surface area contributed by atoms with E-state index >= 15 is 0 Å². The van der Waals surface area contributed by atoms with Gasteiger partial charge in [-0.15, -0.1) is 0 Å². The van der Waals surface area contributed by atoms with Crippen LogP contribution in [0.2, 0.25) is 5.02 Å². The first-order valence-electron chi connectivity index (χ1n) is 7.41. The third-order valence-electron chi connectivity index (χ3n) is 4.08. The fraction of sp³-hybridized carbons (Fsp3) is 0.118. The lowest BCUT2D eigenvalue weighted by Crippen LogP contribution is -2.30. The summed E-state index contributed by atoms with van der Waals surface area (Å²) in [7, 11) is -3.25. The van der Waals surface area contributed by atoms with Gasteiger partial charge in [-0.1, -0.05) is 41.9 Å². The van der Waals surface area contributed by atoms with Crippen LogP contribution < -0.4 is 4.72 Å². The van der Waals surface area contributed by atoms with Crippen molar-refractivity contribution in [1.82, 2.24) is 14.5 Å². The van der Waals surface area contributed by atoms with Crippen molar-refractivity contribution in [3.05, 3.63) is 71.0 Å². The number of aromatic nitrogens is 2. The number of nitrogens with zero attached hydrogens (tertiary/aromatic N) is 2. The molecule has 5 nitrogen and oxygen atoms in total. The Bertz CT molecular complexity index is 1010. The molecule has 0 atom stereocenters. The quantitative estimate of drug-likeness (QED) is 0.764. The van der Waals surface area contributed by atoms with Crippen LogP contribution >= 0.6 is 11.6 Å². The largest absolute Gasteiger partial charge is 0.239 e. The van der Waals surface area contributed by atoms with E-state index in [2.05, 4.69) is 9.82 Å². The van der Waals surface area contributed by atoms with Crippen LogP contribution in [0, 0.1) is 0 Å². The molecule has 0 aliphatic carbocycles. The summed E-state index contributed by atoms with van der Waals surface area (Å²) in [6, 6.07) is 13.7. The number of fused-ring (bicyclic) bond motifs is 1. The van der Waals surface area contributed by atoms with Gasteiger partial charge in [-0.05, 0) is 34.4 Å². The second-order valence-corrected chi connectivity index (χ2v) is 7.92. The first-order valence-corrected chi connectivity index (χ1v) is 9.44. The summed E-state index contributed by atoms with van der Waals surface area (Å²) in [4.78, 5) is 0. The van der Waals surface area contributed by atoms with Crippen molar-refractivity contribution < 1.29 is 8.42 Å². The second kappa shape index (κ2) is 5.73. The lowest BCUT2D eigenvalue weighted by atomic mass is 9.96. The van der Waals surface area contributed by atoms with E-state index in [0.29, 0.717) is 11.6 Å². The summed E-state index contributed by atoms with van der Waals surface area (Å²) in [6.45, 7) is 0.343. The maximum absolute atomic E-state index is 11.9. The van der Waals surface area contributed by atoms with Crippen LogP contribution in [0.25, 0.3) is 16.8 Å². The van der Waals surface area contributed by atoms with Crippen LogP contribution in [0.1, 0.15) is 11.1 Å². The molecule has 0 saturated carbocycles. The fourth-order valence-corrected chi connectivity index (χ4v) is 4.24. The molecule has 7 heteroatoms. The molecule has 24 heavy (non-hydrogen) atoms. The van der Waals surface area contributed by atoms with Gasteiger partial charge in [-0.2, -0.15) is 5.10 Å². The van der Waals surface area contributed by atoms with Gasteiger partial charge < -0.3 is 0 Å². The molecule has 122 valence electrons. The van der Waals surface area contributed by atoms with Gasteiger partial charge >= 0.3 is 0 Å². The van der Waals surface area contributed by atoms with E-state index in [1.807, 2.05) is 42.5 Å². The van der Waals surface area contributed by atoms with Gasteiger partial charge in [0.2, 0.25) is 10.0 Å². The van der Waals surface area contributed by atoms with E-state index in [9.17, 15) is 8.42 Å². The number of sulfonamides is 1. The molecule has 1 aromatic heterocycles. The van der Waals surface area contributed by atoms with Gasteiger partial charge in [0.15, 0.2) is 0 Å². The highest BCUT2D eigenvalue weighted by molar-refractivity contribution is 7.88. The van der Waals surface area contributed by atoms with Gasteiger partial charge in [0.05, 0.1) is 22.7 Å². The Morgan fingerprint density at radius 2 is 1.92 bits per heavy atom. The number of halogens is 1. The molecule has 2 aromatic carbocycles. The molecule has 1 aliphatic rings. The van der Waals surface area contributed by atoms with Crippen LogP contribution in [0.15, 0.2) is 54.9 Å².